The van der Waals surface area contributed by atoms with Crippen LogP contribution in [0.3, 0.4) is 0 Å². The van der Waals surface area contributed by atoms with Crippen molar-refractivity contribution in [3.63, 3.8) is 0 Å². The van der Waals surface area contributed by atoms with Crippen molar-refractivity contribution >= 4 is 11.6 Å². The summed E-state index contributed by atoms with van der Waals surface area (Å²) in [4.78, 5) is 23.9. The number of aliphatic imine (C=N–C) groups is 1. The van der Waals surface area contributed by atoms with Gasteiger partial charge in [0.05, 0.1) is 12.2 Å². The predicted molar refractivity (Wildman–Crippen MR) is 119 cm³/mol. The molecule has 0 unspecified atom stereocenters. The zero-order valence-electron chi connectivity index (χ0n) is 18.1. The van der Waals surface area contributed by atoms with Crippen molar-refractivity contribution in [2.24, 2.45) is 4.99 Å². The van der Waals surface area contributed by atoms with Gasteiger partial charge in [-0.1, -0.05) is 0 Å². The largest absolute Gasteiger partial charge is 0.331 e. The zero-order chi connectivity index (χ0) is 22.8. The summed E-state index contributed by atoms with van der Waals surface area (Å²) in [6.45, 7) is 6.74. The van der Waals surface area contributed by atoms with Crippen LogP contribution in [0.4, 0.5) is 8.78 Å². The summed E-state index contributed by atoms with van der Waals surface area (Å²) < 4.78 is 28.3. The van der Waals surface area contributed by atoms with E-state index in [4.69, 9.17) is 0 Å². The van der Waals surface area contributed by atoms with Gasteiger partial charge in [-0.2, -0.15) is 0 Å². The summed E-state index contributed by atoms with van der Waals surface area (Å²) in [5.41, 5.74) is 4.15. The molecule has 4 rings (SSSR count). The average Bonchev–Trinajstić information content (AvgIpc) is 3.33. The van der Waals surface area contributed by atoms with Crippen LogP contribution >= 0.6 is 0 Å². The van der Waals surface area contributed by atoms with E-state index < -0.39 is 0 Å². The van der Waals surface area contributed by atoms with Crippen LogP contribution in [0.1, 0.15) is 20.8 Å². The van der Waals surface area contributed by atoms with Crippen molar-refractivity contribution in [2.45, 2.75) is 27.3 Å². The Kier molecular flexibility index (Phi) is 5.94. The lowest BCUT2D eigenvalue weighted by atomic mass is 10.2. The number of halogens is 2. The van der Waals surface area contributed by atoms with Crippen LogP contribution < -0.4 is 0 Å². The van der Waals surface area contributed by atoms with Crippen molar-refractivity contribution in [1.29, 1.82) is 0 Å². The van der Waals surface area contributed by atoms with Crippen LogP contribution in [0.15, 0.2) is 64.8 Å². The number of aromatic nitrogens is 3. The Bertz CT molecular complexity index is 1210. The molecular formula is C24H23F2N5O. The van der Waals surface area contributed by atoms with Gasteiger partial charge in [0.1, 0.15) is 18.2 Å². The quantitative estimate of drug-likeness (QED) is 0.555. The lowest BCUT2D eigenvalue weighted by Crippen LogP contribution is -2.33. The van der Waals surface area contributed by atoms with Crippen LogP contribution in [0, 0.1) is 11.6 Å². The highest BCUT2D eigenvalue weighted by Crippen LogP contribution is 2.24. The third-order valence-corrected chi connectivity index (χ3v) is 5.13. The Morgan fingerprint density at radius 2 is 1.56 bits per heavy atom. The number of carbonyl (C=O) groups is 1. The SMILES string of the molecule is CC(C)=NC1=C(C)CN(C(=O)Cn2nc(-c3ccc(F)cc3)nc2-c2ccc(F)cc2)C1. The van der Waals surface area contributed by atoms with E-state index in [2.05, 4.69) is 15.1 Å². The molecule has 0 bridgehead atoms. The molecular weight excluding hydrogens is 412 g/mol. The minimum Gasteiger partial charge on any atom is -0.331 e. The van der Waals surface area contributed by atoms with Gasteiger partial charge in [-0.25, -0.2) is 18.4 Å². The molecule has 0 spiro atoms. The van der Waals surface area contributed by atoms with Crippen molar-refractivity contribution in [2.75, 3.05) is 13.1 Å². The fraction of sp³-hybridized carbons (Fsp3) is 0.250. The molecule has 1 aliphatic heterocycles. The highest BCUT2D eigenvalue weighted by atomic mass is 19.1. The monoisotopic (exact) mass is 435 g/mol. The summed E-state index contributed by atoms with van der Waals surface area (Å²) in [6.07, 6.45) is 0. The summed E-state index contributed by atoms with van der Waals surface area (Å²) >= 11 is 0. The number of rotatable bonds is 5. The van der Waals surface area contributed by atoms with Crippen LogP contribution in [-0.2, 0) is 11.3 Å². The van der Waals surface area contributed by atoms with E-state index in [1.54, 1.807) is 29.2 Å². The second-order valence-electron chi connectivity index (χ2n) is 7.97. The number of benzene rings is 2. The molecule has 0 saturated carbocycles. The molecule has 0 N–H and O–H groups in total. The average molecular weight is 435 g/mol. The number of nitrogens with zero attached hydrogens (tertiary/aromatic N) is 5. The second kappa shape index (κ2) is 8.82. The molecule has 2 aromatic carbocycles. The Morgan fingerprint density at radius 3 is 2.16 bits per heavy atom. The third kappa shape index (κ3) is 4.64. The standard InChI is InChI=1S/C24H23F2N5O/c1-15(2)27-21-13-30(12-16(21)3)22(32)14-31-24(18-6-10-20(26)11-7-18)28-23(29-31)17-4-8-19(25)9-5-17/h4-11H,12-14H2,1-3H3. The van der Waals surface area contributed by atoms with Crippen molar-refractivity contribution in [3.05, 3.63) is 71.4 Å². The molecule has 32 heavy (non-hydrogen) atoms. The lowest BCUT2D eigenvalue weighted by Gasteiger charge is -2.16. The van der Waals surface area contributed by atoms with E-state index >= 15 is 0 Å². The Balaban J connectivity index is 1.63. The van der Waals surface area contributed by atoms with Crippen LogP contribution in [0.25, 0.3) is 22.8 Å². The van der Waals surface area contributed by atoms with E-state index in [1.165, 1.54) is 28.9 Å². The number of hydrogen-bond donors (Lipinski definition) is 0. The molecule has 0 atom stereocenters. The van der Waals surface area contributed by atoms with Crippen molar-refractivity contribution in [1.82, 2.24) is 19.7 Å². The molecule has 3 aromatic rings. The van der Waals surface area contributed by atoms with Gasteiger partial charge in [0.25, 0.3) is 0 Å². The molecule has 2 heterocycles. The highest BCUT2D eigenvalue weighted by Gasteiger charge is 2.25. The van der Waals surface area contributed by atoms with Crippen molar-refractivity contribution < 1.29 is 13.6 Å². The predicted octanol–water partition coefficient (Wildman–Crippen LogP) is 4.49. The van der Waals surface area contributed by atoms with Gasteiger partial charge < -0.3 is 4.90 Å². The Hall–Kier alpha value is -3.68. The van der Waals surface area contributed by atoms with Gasteiger partial charge in [-0.15, -0.1) is 5.10 Å². The van der Waals surface area contributed by atoms with E-state index in [1.807, 2.05) is 20.8 Å². The minimum atomic E-state index is -0.368. The van der Waals surface area contributed by atoms with Gasteiger partial charge in [0, 0.05) is 23.4 Å². The van der Waals surface area contributed by atoms with Crippen molar-refractivity contribution in [3.8, 4) is 22.8 Å². The molecule has 1 aromatic heterocycles. The first kappa shape index (κ1) is 21.5. The summed E-state index contributed by atoms with van der Waals surface area (Å²) in [6, 6.07) is 11.7. The maximum absolute atomic E-state index is 13.4. The molecule has 0 aliphatic carbocycles. The number of hydrogen-bond acceptors (Lipinski definition) is 4. The molecule has 0 fully saturated rings. The van der Waals surface area contributed by atoms with Crippen LogP contribution in [0.5, 0.6) is 0 Å². The maximum Gasteiger partial charge on any atom is 0.245 e. The number of amides is 1. The zero-order valence-corrected chi connectivity index (χ0v) is 18.1. The molecule has 164 valence electrons. The van der Waals surface area contributed by atoms with E-state index in [0.29, 0.717) is 35.9 Å². The van der Waals surface area contributed by atoms with Crippen LogP contribution in [-0.4, -0.2) is 44.4 Å². The second-order valence-corrected chi connectivity index (χ2v) is 7.97. The third-order valence-electron chi connectivity index (χ3n) is 5.13. The van der Waals surface area contributed by atoms with Crippen LogP contribution in [0.2, 0.25) is 0 Å². The van der Waals surface area contributed by atoms with E-state index in [-0.39, 0.29) is 24.1 Å². The summed E-state index contributed by atoms with van der Waals surface area (Å²) in [5.74, 6) is -0.0569. The lowest BCUT2D eigenvalue weighted by molar-refractivity contribution is -0.130. The van der Waals surface area contributed by atoms with E-state index in [9.17, 15) is 13.6 Å². The topological polar surface area (TPSA) is 63.4 Å². The molecule has 1 amide bonds. The van der Waals surface area contributed by atoms with Gasteiger partial charge in [-0.3, -0.25) is 9.79 Å². The minimum absolute atomic E-state index is 0.0315. The first-order valence-electron chi connectivity index (χ1n) is 10.2. The smallest absolute Gasteiger partial charge is 0.245 e. The maximum atomic E-state index is 13.4. The number of carbonyl (C=O) groups excluding carboxylic acids is 1. The highest BCUT2D eigenvalue weighted by molar-refractivity contribution is 5.81. The molecule has 0 radical (unpaired) electrons. The summed E-state index contributed by atoms with van der Waals surface area (Å²) in [5, 5.41) is 4.51. The Labute approximate surface area is 184 Å². The molecule has 8 heteroatoms. The molecule has 0 saturated heterocycles. The fourth-order valence-corrected chi connectivity index (χ4v) is 3.54. The summed E-state index contributed by atoms with van der Waals surface area (Å²) in [7, 11) is 0. The first-order chi connectivity index (χ1) is 15.3. The van der Waals surface area contributed by atoms with E-state index in [0.717, 1.165) is 17.0 Å². The van der Waals surface area contributed by atoms with Gasteiger partial charge in [-0.05, 0) is 74.9 Å². The molecule has 6 nitrogen and oxygen atoms in total. The van der Waals surface area contributed by atoms with Gasteiger partial charge in [0.15, 0.2) is 11.6 Å². The normalized spacial score (nSPS) is 13.6. The van der Waals surface area contributed by atoms with Gasteiger partial charge in [0.2, 0.25) is 5.91 Å². The van der Waals surface area contributed by atoms with Gasteiger partial charge >= 0.3 is 0 Å². The Morgan fingerprint density at radius 1 is 0.969 bits per heavy atom. The molecule has 1 aliphatic rings. The fourth-order valence-electron chi connectivity index (χ4n) is 3.54. The first-order valence-corrected chi connectivity index (χ1v) is 10.2.